The molecule has 2 aromatic carbocycles. The van der Waals surface area contributed by atoms with Crippen molar-refractivity contribution in [3.05, 3.63) is 75.9 Å². The van der Waals surface area contributed by atoms with Gasteiger partial charge in [-0.15, -0.1) is 23.1 Å². The number of thiophene rings is 1. The lowest BCUT2D eigenvalue weighted by Crippen LogP contribution is -1.88. The van der Waals surface area contributed by atoms with E-state index in [-0.39, 0.29) is 0 Å². The number of rotatable bonds is 4. The first-order valence-electron chi connectivity index (χ1n) is 8.27. The van der Waals surface area contributed by atoms with Crippen molar-refractivity contribution in [2.24, 2.45) is 0 Å². The predicted octanol–water partition coefficient (Wildman–Crippen LogP) is 6.48. The Morgan fingerprint density at radius 1 is 1.15 bits per heavy atom. The maximum Gasteiger partial charge on any atom is 0.128 e. The Morgan fingerprint density at radius 3 is 2.74 bits per heavy atom. The number of nitrogens with zero attached hydrogens (tertiary/aromatic N) is 3. The van der Waals surface area contributed by atoms with Gasteiger partial charge < -0.3 is 0 Å². The van der Waals surface area contributed by atoms with Crippen molar-refractivity contribution in [3.8, 4) is 17.2 Å². The molecule has 0 saturated carbocycles. The third-order valence-electron chi connectivity index (χ3n) is 4.19. The van der Waals surface area contributed by atoms with Gasteiger partial charge in [0.15, 0.2) is 0 Å². The van der Waals surface area contributed by atoms with Gasteiger partial charge in [0.2, 0.25) is 0 Å². The van der Waals surface area contributed by atoms with Gasteiger partial charge in [0, 0.05) is 21.2 Å². The van der Waals surface area contributed by atoms with Crippen molar-refractivity contribution >= 4 is 44.9 Å². The molecular weight excluding hydrogens is 394 g/mol. The monoisotopic (exact) mass is 407 g/mol. The van der Waals surface area contributed by atoms with Crippen LogP contribution in [-0.2, 0) is 5.75 Å². The Labute approximate surface area is 170 Å². The van der Waals surface area contributed by atoms with Gasteiger partial charge in [-0.25, -0.2) is 9.97 Å². The molecule has 6 heteroatoms. The van der Waals surface area contributed by atoms with Crippen molar-refractivity contribution in [3.63, 3.8) is 0 Å². The number of hydrogen-bond donors (Lipinski definition) is 0. The highest BCUT2D eigenvalue weighted by Gasteiger charge is 2.17. The highest BCUT2D eigenvalue weighted by Crippen LogP contribution is 2.42. The second-order valence-electron chi connectivity index (χ2n) is 6.00. The van der Waals surface area contributed by atoms with E-state index in [2.05, 4.69) is 23.0 Å². The molecule has 0 fully saturated rings. The number of fused-ring (bicyclic) bond motifs is 1. The lowest BCUT2D eigenvalue weighted by Gasteiger charge is -2.07. The second kappa shape index (κ2) is 7.69. The van der Waals surface area contributed by atoms with E-state index in [1.54, 1.807) is 29.4 Å². The zero-order chi connectivity index (χ0) is 18.8. The van der Waals surface area contributed by atoms with E-state index in [4.69, 9.17) is 16.9 Å². The summed E-state index contributed by atoms with van der Waals surface area (Å²) < 4.78 is 0. The molecule has 2 aromatic heterocycles. The molecule has 4 rings (SSSR count). The summed E-state index contributed by atoms with van der Waals surface area (Å²) in [5.74, 6) is 0.747. The molecule has 0 radical (unpaired) electrons. The molecule has 0 aliphatic heterocycles. The Kier molecular flexibility index (Phi) is 5.13. The number of halogens is 1. The van der Waals surface area contributed by atoms with Crippen molar-refractivity contribution in [2.45, 2.75) is 17.7 Å². The van der Waals surface area contributed by atoms with Gasteiger partial charge in [-0.2, -0.15) is 5.26 Å². The lowest BCUT2D eigenvalue weighted by atomic mass is 10.0. The molecule has 0 aliphatic rings. The Bertz CT molecular complexity index is 1160. The Balaban J connectivity index is 1.75. The minimum Gasteiger partial charge on any atom is -0.229 e. The van der Waals surface area contributed by atoms with Crippen LogP contribution in [0.15, 0.2) is 59.9 Å². The molecule has 0 atom stereocenters. The van der Waals surface area contributed by atoms with Crippen LogP contribution in [0.1, 0.15) is 16.0 Å². The summed E-state index contributed by atoms with van der Waals surface area (Å²) in [5.41, 5.74) is 4.06. The highest BCUT2D eigenvalue weighted by molar-refractivity contribution is 7.98. The smallest absolute Gasteiger partial charge is 0.128 e. The topological polar surface area (TPSA) is 49.6 Å². The number of aryl methyl sites for hydroxylation is 1. The van der Waals surface area contributed by atoms with Crippen molar-refractivity contribution in [2.75, 3.05) is 0 Å². The molecule has 132 valence electrons. The fourth-order valence-corrected chi connectivity index (χ4v) is 5.12. The summed E-state index contributed by atoms with van der Waals surface area (Å²) in [6.07, 6.45) is 1.62. The van der Waals surface area contributed by atoms with E-state index in [1.807, 2.05) is 48.5 Å². The summed E-state index contributed by atoms with van der Waals surface area (Å²) >= 11 is 9.40. The Morgan fingerprint density at radius 2 is 1.96 bits per heavy atom. The average molecular weight is 408 g/mol. The highest BCUT2D eigenvalue weighted by atomic mass is 35.5. The van der Waals surface area contributed by atoms with E-state index >= 15 is 0 Å². The molecule has 0 aliphatic carbocycles. The molecule has 0 saturated heterocycles. The second-order valence-corrected chi connectivity index (χ2v) is 8.60. The van der Waals surface area contributed by atoms with Gasteiger partial charge in [0.1, 0.15) is 16.2 Å². The van der Waals surface area contributed by atoms with Gasteiger partial charge in [-0.3, -0.25) is 0 Å². The van der Waals surface area contributed by atoms with E-state index in [0.29, 0.717) is 5.56 Å². The largest absolute Gasteiger partial charge is 0.229 e. The lowest BCUT2D eigenvalue weighted by molar-refractivity contribution is 1.11. The van der Waals surface area contributed by atoms with E-state index < -0.39 is 0 Å². The zero-order valence-corrected chi connectivity index (χ0v) is 16.8. The molecule has 2 heterocycles. The minimum atomic E-state index is 0.675. The SMILES string of the molecule is Cc1sc2ncnc(SCc3cccc(C#N)c3)c2c1-c1ccc(Cl)cc1. The van der Waals surface area contributed by atoms with Crippen LogP contribution >= 0.6 is 34.7 Å². The normalized spacial score (nSPS) is 10.9. The standard InChI is InChI=1S/C21H14ClN3S2/c1-13-18(16-5-7-17(22)8-6-16)19-20(24-12-25-21(19)27-13)26-11-15-4-2-3-14(9-15)10-23/h2-9,12H,11H2,1H3. The first kappa shape index (κ1) is 18.0. The summed E-state index contributed by atoms with van der Waals surface area (Å²) in [5, 5.41) is 11.9. The first-order chi connectivity index (χ1) is 13.2. The van der Waals surface area contributed by atoms with Gasteiger partial charge in [-0.05, 0) is 42.3 Å². The summed E-state index contributed by atoms with van der Waals surface area (Å²) in [7, 11) is 0. The van der Waals surface area contributed by atoms with Crippen LogP contribution in [0, 0.1) is 18.3 Å². The van der Waals surface area contributed by atoms with Gasteiger partial charge >= 0.3 is 0 Å². The molecular formula is C21H14ClN3S2. The molecule has 3 nitrogen and oxygen atoms in total. The third-order valence-corrected chi connectivity index (χ3v) is 6.52. The quantitative estimate of drug-likeness (QED) is 0.287. The van der Waals surface area contributed by atoms with Gasteiger partial charge in [-0.1, -0.05) is 35.9 Å². The molecule has 27 heavy (non-hydrogen) atoms. The number of thioether (sulfide) groups is 1. The summed E-state index contributed by atoms with van der Waals surface area (Å²) in [4.78, 5) is 11.2. The van der Waals surface area contributed by atoms with Crippen molar-refractivity contribution in [1.82, 2.24) is 9.97 Å². The maximum atomic E-state index is 9.09. The number of benzene rings is 2. The van der Waals surface area contributed by atoms with E-state index in [9.17, 15) is 0 Å². The minimum absolute atomic E-state index is 0.675. The van der Waals surface area contributed by atoms with Crippen LogP contribution < -0.4 is 0 Å². The van der Waals surface area contributed by atoms with Crippen LogP contribution in [0.3, 0.4) is 0 Å². The molecule has 0 bridgehead atoms. The fraction of sp³-hybridized carbons (Fsp3) is 0.0952. The van der Waals surface area contributed by atoms with Crippen molar-refractivity contribution in [1.29, 1.82) is 5.26 Å². The summed E-state index contributed by atoms with van der Waals surface area (Å²) in [6.45, 7) is 2.11. The van der Waals surface area contributed by atoms with Gasteiger partial charge in [0.05, 0.1) is 17.0 Å². The fourth-order valence-electron chi connectivity index (χ4n) is 2.97. The van der Waals surface area contributed by atoms with Crippen LogP contribution in [0.25, 0.3) is 21.3 Å². The average Bonchev–Trinajstić information content (AvgIpc) is 3.03. The zero-order valence-electron chi connectivity index (χ0n) is 14.4. The van der Waals surface area contributed by atoms with Crippen LogP contribution in [0.5, 0.6) is 0 Å². The van der Waals surface area contributed by atoms with Crippen LogP contribution in [0.2, 0.25) is 5.02 Å². The van der Waals surface area contributed by atoms with Crippen LogP contribution in [0.4, 0.5) is 0 Å². The van der Waals surface area contributed by atoms with E-state index in [0.717, 1.165) is 37.1 Å². The first-order valence-corrected chi connectivity index (χ1v) is 10.5. The number of hydrogen-bond acceptors (Lipinski definition) is 5. The van der Waals surface area contributed by atoms with E-state index in [1.165, 1.54) is 10.4 Å². The van der Waals surface area contributed by atoms with Gasteiger partial charge in [0.25, 0.3) is 0 Å². The molecule has 0 amide bonds. The molecule has 0 unspecified atom stereocenters. The molecule has 0 N–H and O–H groups in total. The van der Waals surface area contributed by atoms with Crippen LogP contribution in [-0.4, -0.2) is 9.97 Å². The van der Waals surface area contributed by atoms with Crippen molar-refractivity contribution < 1.29 is 0 Å². The third kappa shape index (κ3) is 3.70. The summed E-state index contributed by atoms with van der Waals surface area (Å²) in [6, 6.07) is 17.8. The molecule has 4 aromatic rings. The number of aromatic nitrogens is 2. The maximum absolute atomic E-state index is 9.09. The Hall–Kier alpha value is -2.39. The number of nitriles is 1. The predicted molar refractivity (Wildman–Crippen MR) is 113 cm³/mol. The molecule has 0 spiro atoms.